The standard InChI is InChI=1S/C9H18N4O/c1-7(2)10-5-8(3)14-9-11-6-13(4)12-9/h6-8,10H,5H2,1-4H3. The molecule has 0 aromatic carbocycles. The molecule has 14 heavy (non-hydrogen) atoms. The van der Waals surface area contributed by atoms with Crippen LogP contribution >= 0.6 is 0 Å². The zero-order valence-corrected chi connectivity index (χ0v) is 9.19. The van der Waals surface area contributed by atoms with E-state index in [1.807, 2.05) is 14.0 Å². The number of nitrogens with zero attached hydrogens (tertiary/aromatic N) is 3. The molecule has 0 fully saturated rings. The highest BCUT2D eigenvalue weighted by Gasteiger charge is 2.07. The van der Waals surface area contributed by atoms with Crippen LogP contribution in [0, 0.1) is 0 Å². The Hall–Kier alpha value is -1.10. The minimum absolute atomic E-state index is 0.0831. The van der Waals surface area contributed by atoms with E-state index in [1.54, 1.807) is 11.0 Å². The van der Waals surface area contributed by atoms with E-state index >= 15 is 0 Å². The number of ether oxygens (including phenoxy) is 1. The van der Waals surface area contributed by atoms with E-state index in [0.717, 1.165) is 6.54 Å². The topological polar surface area (TPSA) is 52.0 Å². The van der Waals surface area contributed by atoms with Gasteiger partial charge in [0.2, 0.25) is 0 Å². The normalized spacial score (nSPS) is 13.2. The van der Waals surface area contributed by atoms with Gasteiger partial charge in [-0.05, 0) is 6.92 Å². The summed E-state index contributed by atoms with van der Waals surface area (Å²) in [6.07, 6.45) is 1.71. The number of hydrogen-bond donors (Lipinski definition) is 1. The summed E-state index contributed by atoms with van der Waals surface area (Å²) in [6.45, 7) is 7.00. The Morgan fingerprint density at radius 2 is 2.21 bits per heavy atom. The molecule has 80 valence electrons. The van der Waals surface area contributed by atoms with Gasteiger partial charge in [-0.15, -0.1) is 5.10 Å². The van der Waals surface area contributed by atoms with Crippen LogP contribution in [-0.2, 0) is 7.05 Å². The first-order valence-corrected chi connectivity index (χ1v) is 4.83. The summed E-state index contributed by atoms with van der Waals surface area (Å²) in [6, 6.07) is 0.906. The SMILES string of the molecule is CC(C)NCC(C)Oc1ncn(C)n1. The average molecular weight is 198 g/mol. The third-order valence-electron chi connectivity index (χ3n) is 1.70. The van der Waals surface area contributed by atoms with Crippen molar-refractivity contribution in [2.75, 3.05) is 6.54 Å². The molecular formula is C9H18N4O. The molecule has 0 amide bonds. The van der Waals surface area contributed by atoms with Crippen molar-refractivity contribution in [2.45, 2.75) is 32.9 Å². The van der Waals surface area contributed by atoms with E-state index in [0.29, 0.717) is 12.1 Å². The first kappa shape index (κ1) is 11.0. The highest BCUT2D eigenvalue weighted by molar-refractivity contribution is 4.88. The van der Waals surface area contributed by atoms with Gasteiger partial charge in [0.15, 0.2) is 0 Å². The first-order chi connectivity index (χ1) is 6.58. The summed E-state index contributed by atoms with van der Waals surface area (Å²) < 4.78 is 7.10. The molecule has 0 spiro atoms. The molecule has 5 nitrogen and oxygen atoms in total. The summed E-state index contributed by atoms with van der Waals surface area (Å²) in [4.78, 5) is 3.98. The molecule has 0 saturated carbocycles. The van der Waals surface area contributed by atoms with Crippen molar-refractivity contribution in [1.29, 1.82) is 0 Å². The fourth-order valence-electron chi connectivity index (χ4n) is 0.997. The van der Waals surface area contributed by atoms with Crippen LogP contribution in [0.2, 0.25) is 0 Å². The molecule has 0 aliphatic rings. The molecular weight excluding hydrogens is 180 g/mol. The second-order valence-corrected chi connectivity index (χ2v) is 3.69. The summed E-state index contributed by atoms with van der Waals surface area (Å²) in [5, 5.41) is 7.32. The van der Waals surface area contributed by atoms with Gasteiger partial charge < -0.3 is 10.1 Å². The molecule has 0 aliphatic heterocycles. The molecule has 0 radical (unpaired) electrons. The Bertz CT molecular complexity index is 272. The van der Waals surface area contributed by atoms with Crippen molar-refractivity contribution in [2.24, 2.45) is 7.05 Å². The Kier molecular flexibility index (Phi) is 3.88. The van der Waals surface area contributed by atoms with Crippen LogP contribution in [0.3, 0.4) is 0 Å². The molecule has 1 heterocycles. The molecule has 0 aliphatic carbocycles. The van der Waals surface area contributed by atoms with Gasteiger partial charge in [-0.1, -0.05) is 13.8 Å². The minimum Gasteiger partial charge on any atom is -0.458 e. The third kappa shape index (κ3) is 3.74. The predicted octanol–water partition coefficient (Wildman–Crippen LogP) is 0.580. The zero-order valence-electron chi connectivity index (χ0n) is 9.19. The molecule has 1 rings (SSSR count). The second kappa shape index (κ2) is 4.95. The summed E-state index contributed by atoms with van der Waals surface area (Å²) >= 11 is 0. The van der Waals surface area contributed by atoms with Crippen LogP contribution in [0.15, 0.2) is 6.33 Å². The lowest BCUT2D eigenvalue weighted by molar-refractivity contribution is 0.196. The monoisotopic (exact) mass is 198 g/mol. The van der Waals surface area contributed by atoms with Gasteiger partial charge in [0, 0.05) is 19.6 Å². The maximum Gasteiger partial charge on any atom is 0.335 e. The summed E-state index contributed by atoms with van der Waals surface area (Å²) in [7, 11) is 1.82. The molecule has 1 N–H and O–H groups in total. The van der Waals surface area contributed by atoms with Crippen molar-refractivity contribution in [3.05, 3.63) is 6.33 Å². The van der Waals surface area contributed by atoms with Crippen molar-refractivity contribution in [1.82, 2.24) is 20.1 Å². The average Bonchev–Trinajstić information content (AvgIpc) is 2.48. The van der Waals surface area contributed by atoms with E-state index in [2.05, 4.69) is 29.2 Å². The molecule has 1 aromatic heterocycles. The summed E-state index contributed by atoms with van der Waals surface area (Å²) in [5.41, 5.74) is 0. The van der Waals surface area contributed by atoms with Crippen molar-refractivity contribution in [3.8, 4) is 6.01 Å². The third-order valence-corrected chi connectivity index (χ3v) is 1.70. The van der Waals surface area contributed by atoms with E-state index in [4.69, 9.17) is 4.74 Å². The molecule has 1 unspecified atom stereocenters. The predicted molar refractivity (Wildman–Crippen MR) is 54.2 cm³/mol. The van der Waals surface area contributed by atoms with Crippen molar-refractivity contribution < 1.29 is 4.74 Å². The number of nitrogens with one attached hydrogen (secondary N) is 1. The quantitative estimate of drug-likeness (QED) is 0.752. The van der Waals surface area contributed by atoms with Gasteiger partial charge in [-0.3, -0.25) is 4.68 Å². The van der Waals surface area contributed by atoms with E-state index in [1.165, 1.54) is 0 Å². The molecule has 5 heteroatoms. The maximum atomic E-state index is 5.48. The van der Waals surface area contributed by atoms with Crippen molar-refractivity contribution >= 4 is 0 Å². The van der Waals surface area contributed by atoms with Crippen LogP contribution in [-0.4, -0.2) is 33.5 Å². The fraction of sp³-hybridized carbons (Fsp3) is 0.778. The molecule has 0 bridgehead atoms. The van der Waals surface area contributed by atoms with Gasteiger partial charge in [-0.25, -0.2) is 0 Å². The molecule has 1 atom stereocenters. The Morgan fingerprint density at radius 3 is 2.71 bits per heavy atom. The first-order valence-electron chi connectivity index (χ1n) is 4.83. The second-order valence-electron chi connectivity index (χ2n) is 3.69. The van der Waals surface area contributed by atoms with Crippen LogP contribution < -0.4 is 10.1 Å². The van der Waals surface area contributed by atoms with Gasteiger partial charge in [-0.2, -0.15) is 4.98 Å². The highest BCUT2D eigenvalue weighted by atomic mass is 16.5. The van der Waals surface area contributed by atoms with Crippen molar-refractivity contribution in [3.63, 3.8) is 0 Å². The lowest BCUT2D eigenvalue weighted by Crippen LogP contribution is -2.33. The molecule has 0 saturated heterocycles. The zero-order chi connectivity index (χ0) is 10.6. The number of aryl methyl sites for hydroxylation is 1. The largest absolute Gasteiger partial charge is 0.458 e. The lowest BCUT2D eigenvalue weighted by Gasteiger charge is -2.14. The van der Waals surface area contributed by atoms with Gasteiger partial charge in [0.1, 0.15) is 12.4 Å². The van der Waals surface area contributed by atoms with E-state index in [9.17, 15) is 0 Å². The highest BCUT2D eigenvalue weighted by Crippen LogP contribution is 2.01. The lowest BCUT2D eigenvalue weighted by atomic mass is 10.3. The number of hydrogen-bond acceptors (Lipinski definition) is 4. The fourth-order valence-corrected chi connectivity index (χ4v) is 0.997. The van der Waals surface area contributed by atoms with E-state index in [-0.39, 0.29) is 6.10 Å². The smallest absolute Gasteiger partial charge is 0.335 e. The van der Waals surface area contributed by atoms with E-state index < -0.39 is 0 Å². The van der Waals surface area contributed by atoms with Crippen LogP contribution in [0.1, 0.15) is 20.8 Å². The number of aromatic nitrogens is 3. The Morgan fingerprint density at radius 1 is 1.50 bits per heavy atom. The Balaban J connectivity index is 2.30. The van der Waals surface area contributed by atoms with Crippen LogP contribution in [0.4, 0.5) is 0 Å². The van der Waals surface area contributed by atoms with Gasteiger partial charge in [0.25, 0.3) is 0 Å². The van der Waals surface area contributed by atoms with Crippen LogP contribution in [0.5, 0.6) is 6.01 Å². The number of rotatable bonds is 5. The van der Waals surface area contributed by atoms with Crippen LogP contribution in [0.25, 0.3) is 0 Å². The molecule has 1 aromatic rings. The summed E-state index contributed by atoms with van der Waals surface area (Å²) in [5.74, 6) is 0. The Labute approximate surface area is 84.5 Å². The maximum absolute atomic E-state index is 5.48. The van der Waals surface area contributed by atoms with Gasteiger partial charge in [0.05, 0.1) is 0 Å². The minimum atomic E-state index is 0.0831. The van der Waals surface area contributed by atoms with Gasteiger partial charge >= 0.3 is 6.01 Å².